The van der Waals surface area contributed by atoms with Gasteiger partial charge in [0.25, 0.3) is 47.3 Å². The minimum Gasteiger partial charge on any atom is -0.391 e. The molecule has 7 aliphatic rings. The third kappa shape index (κ3) is 24.3. The molecule has 15 rings (SSSR count). The van der Waals surface area contributed by atoms with E-state index in [2.05, 4.69) is 124 Å². The number of thiazole rings is 4. The van der Waals surface area contributed by atoms with Gasteiger partial charge >= 0.3 is 0 Å². The van der Waals surface area contributed by atoms with Crippen LogP contribution in [0.25, 0.3) is 41.8 Å². The first kappa shape index (κ1) is 99.9. The van der Waals surface area contributed by atoms with Crippen LogP contribution in [0, 0.1) is 27.7 Å². The fourth-order valence-corrected chi connectivity index (χ4v) is 21.1. The molecule has 12 N–H and O–H groups in total. The van der Waals surface area contributed by atoms with E-state index in [1.807, 2.05) is 106 Å². The molecule has 5 saturated heterocycles. The number of likely N-dealkylation sites (tertiary alicyclic amines) is 3. The van der Waals surface area contributed by atoms with Gasteiger partial charge in [0.1, 0.15) is 46.0 Å². The summed E-state index contributed by atoms with van der Waals surface area (Å²) in [5.74, 6) is 1.07. The van der Waals surface area contributed by atoms with Crippen LogP contribution in [0.4, 0.5) is 23.3 Å². The Kier molecular flexibility index (Phi) is 33.7. The zero-order chi connectivity index (χ0) is 94.8. The number of anilines is 4. The summed E-state index contributed by atoms with van der Waals surface area (Å²) in [5, 5.41) is 64.6. The van der Waals surface area contributed by atoms with Gasteiger partial charge in [-0.3, -0.25) is 38.4 Å². The minimum atomic E-state index is -0.697. The predicted molar refractivity (Wildman–Crippen MR) is 516 cm³/mol. The van der Waals surface area contributed by atoms with Gasteiger partial charge in [0.2, 0.25) is 0 Å². The standard InChI is InChI=1S/C25H33N5O3S.2C24H35N5O3S.C22H29N5O3S/c1-13(2)27-20-11-14(3)17(12-26-20)22-21(25(33)30-15-7-8-16(30)10-9-15)29-24(34-22)23(32)28-18-5-4-6-19(18)31;2*1-7-14(3)26-19-11-13(2)18(12-25-19)21-20(24(32)29-10-8-9-15(29)4)28-23(33-21)22(31)27-16(5)17(6)30;1-11(2)24-17-8-12(3)14(10-23-17)19-18(22(30)27-7-5-6-13(27)4)26-21(31-19)20(29)25-15-9-16(15)28/h11-13,15-16,18-19,31H,4-10H2,1-3H3,(H,26,27)(H,28,32);2*11-12,14-17,30H,7-10H2,1-6H3,(H,25,26)(H,27,31);8,10-11,13,15-16,28H,5-7,9H2,1-4H3,(H,23,24)(H,25,29)/t15?,16?,18?,19-;14-,15+,16+,17-;14-,15+,16-,17+;13-,15-,16-/m1110/s1. The molecular formula is C95H132N20O12S4. The summed E-state index contributed by atoms with van der Waals surface area (Å²) < 4.78 is 0. The van der Waals surface area contributed by atoms with Crippen molar-refractivity contribution in [1.82, 2.24) is 80.7 Å². The Morgan fingerprint density at radius 1 is 0.397 bits per heavy atom. The zero-order valence-electron chi connectivity index (χ0n) is 78.9. The van der Waals surface area contributed by atoms with Gasteiger partial charge < -0.3 is 82.6 Å². The molecular weight excluding hydrogens is 1740 g/mol. The highest BCUT2D eigenvalue weighted by Gasteiger charge is 2.45. The second-order valence-electron chi connectivity index (χ2n) is 36.9. The summed E-state index contributed by atoms with van der Waals surface area (Å²) in [4.78, 5) is 152. The number of carbonyl (C=O) groups excluding carboxylic acids is 8. The molecule has 32 nitrogen and oxygen atoms in total. The molecule has 2 bridgehead atoms. The van der Waals surface area contributed by atoms with Gasteiger partial charge in [-0.2, -0.15) is 0 Å². The molecule has 13 heterocycles. The van der Waals surface area contributed by atoms with Crippen LogP contribution in [-0.2, 0) is 0 Å². The van der Waals surface area contributed by atoms with Gasteiger partial charge in [-0.05, 0) is 267 Å². The maximum Gasteiger partial charge on any atom is 0.280 e. The van der Waals surface area contributed by atoms with Crippen LogP contribution in [-0.4, -0.2) is 250 Å². The molecule has 7 fully saturated rings. The van der Waals surface area contributed by atoms with Crippen LogP contribution in [0.3, 0.4) is 0 Å². The van der Waals surface area contributed by atoms with Gasteiger partial charge in [0, 0.05) is 121 Å². The molecule has 2 saturated carbocycles. The number of aliphatic hydroxyl groups excluding tert-OH is 4. The molecule has 5 aliphatic heterocycles. The fraction of sp³-hybridized carbons (Fsp3) is 0.579. The van der Waals surface area contributed by atoms with Gasteiger partial charge in [0.05, 0.1) is 68.1 Å². The lowest BCUT2D eigenvalue weighted by molar-refractivity contribution is 0.0719. The lowest BCUT2D eigenvalue weighted by Gasteiger charge is -2.21. The van der Waals surface area contributed by atoms with E-state index < -0.39 is 48.3 Å². The lowest BCUT2D eigenvalue weighted by atomic mass is 10.0. The summed E-state index contributed by atoms with van der Waals surface area (Å²) >= 11 is 4.81. The second-order valence-corrected chi connectivity index (χ2v) is 40.9. The number of pyridine rings is 4. The number of fused-ring (bicyclic) bond motifs is 2. The number of rotatable bonds is 28. The molecule has 131 heavy (non-hydrogen) atoms. The van der Waals surface area contributed by atoms with E-state index >= 15 is 0 Å². The third-order valence-corrected chi connectivity index (χ3v) is 29.9. The van der Waals surface area contributed by atoms with E-state index in [4.69, 9.17) is 0 Å². The first-order valence-electron chi connectivity index (χ1n) is 46.5. The number of aliphatic hydroxyl groups is 4. The summed E-state index contributed by atoms with van der Waals surface area (Å²) in [5.41, 5.74) is 8.25. The van der Waals surface area contributed by atoms with Crippen LogP contribution in [0.2, 0.25) is 0 Å². The Bertz CT molecular complexity index is 5240. The number of nitrogens with zero attached hydrogens (tertiary/aromatic N) is 12. The molecule has 708 valence electrons. The van der Waals surface area contributed by atoms with Crippen molar-refractivity contribution in [3.63, 3.8) is 0 Å². The van der Waals surface area contributed by atoms with Gasteiger partial charge in [-0.25, -0.2) is 39.9 Å². The van der Waals surface area contributed by atoms with Crippen molar-refractivity contribution in [2.24, 2.45) is 0 Å². The zero-order valence-corrected chi connectivity index (χ0v) is 82.2. The topological polar surface area (TPSA) is 430 Å². The predicted octanol–water partition coefficient (Wildman–Crippen LogP) is 14.3. The van der Waals surface area contributed by atoms with Crippen molar-refractivity contribution >= 4 is 116 Å². The summed E-state index contributed by atoms with van der Waals surface area (Å²) in [6.07, 6.45) is 19.4. The molecule has 36 heteroatoms. The Balaban J connectivity index is 0.000000158. The molecule has 8 aromatic heterocycles. The molecule has 8 amide bonds. The summed E-state index contributed by atoms with van der Waals surface area (Å²) in [7, 11) is 0. The van der Waals surface area contributed by atoms with Crippen molar-refractivity contribution in [1.29, 1.82) is 0 Å². The van der Waals surface area contributed by atoms with Gasteiger partial charge in [0.15, 0.2) is 20.0 Å². The molecule has 0 radical (unpaired) electrons. The van der Waals surface area contributed by atoms with E-state index in [-0.39, 0.29) is 121 Å². The number of carbonyl (C=O) groups is 8. The normalized spacial score (nSPS) is 21.5. The van der Waals surface area contributed by atoms with Crippen LogP contribution in [0.15, 0.2) is 49.1 Å². The average Bonchev–Trinajstić information content (AvgIpc) is 1.64. The Morgan fingerprint density at radius 3 is 0.954 bits per heavy atom. The lowest BCUT2D eigenvalue weighted by Crippen LogP contribution is -2.40. The van der Waals surface area contributed by atoms with Crippen LogP contribution >= 0.6 is 45.3 Å². The smallest absolute Gasteiger partial charge is 0.280 e. The van der Waals surface area contributed by atoms with Crippen LogP contribution in [0.1, 0.15) is 310 Å². The molecule has 0 spiro atoms. The first-order chi connectivity index (χ1) is 62.3. The Morgan fingerprint density at radius 2 is 0.695 bits per heavy atom. The van der Waals surface area contributed by atoms with Crippen molar-refractivity contribution < 1.29 is 58.8 Å². The molecule has 8 aromatic rings. The summed E-state index contributed by atoms with van der Waals surface area (Å²) in [6, 6.07) is 8.55. The highest BCUT2D eigenvalue weighted by atomic mass is 32.1. The quantitative estimate of drug-likeness (QED) is 0.0217. The minimum absolute atomic E-state index is 0.0833. The van der Waals surface area contributed by atoms with Gasteiger partial charge in [-0.1, -0.05) is 13.8 Å². The number of aromatic nitrogens is 8. The van der Waals surface area contributed by atoms with Crippen molar-refractivity contribution in [2.75, 3.05) is 40.9 Å². The maximum absolute atomic E-state index is 13.7. The largest absolute Gasteiger partial charge is 0.391 e. The van der Waals surface area contributed by atoms with E-state index in [0.29, 0.717) is 75.5 Å². The van der Waals surface area contributed by atoms with E-state index in [1.165, 1.54) is 45.3 Å². The number of amides is 8. The SMILES string of the molecule is CC[C@@H](C)Nc1cc(C)c(-c2sc(C(=O)N[C@@H](C)[C@@H](C)O)nc2C(=O)N2CCC[C@@H]2C)cn1.CC[C@@H](C)Nc1cc(C)c(-c2sc(C(=O)N[C@H](C)[C@H](C)O)nc2C(=O)N2CCC[C@@H]2C)cn1.Cc1cc(NC(C)C)ncc1-c1sc(C(=O)NC2CCC[C@H]2O)nc1C(=O)N1C2CCC1CC2.Cc1cc(NC(C)C)ncc1-c1sc(C(=O)N[C@H]2C[C@@H]2O)nc1C(=O)N1CCC[C@@H]1C. The second kappa shape index (κ2) is 44.2. The number of hydrogen-bond acceptors (Lipinski definition) is 28. The van der Waals surface area contributed by atoms with Crippen LogP contribution in [0.5, 0.6) is 0 Å². The van der Waals surface area contributed by atoms with Crippen molar-refractivity contribution in [3.05, 3.63) is 114 Å². The first-order valence-corrected chi connectivity index (χ1v) is 49.7. The van der Waals surface area contributed by atoms with E-state index in [0.717, 1.165) is 158 Å². The third-order valence-electron chi connectivity index (χ3n) is 25.6. The molecule has 0 aromatic carbocycles. The van der Waals surface area contributed by atoms with Gasteiger partial charge in [-0.15, -0.1) is 45.3 Å². The molecule has 2 aliphatic carbocycles. The highest BCUT2D eigenvalue weighted by Crippen LogP contribution is 2.44. The average molecular weight is 1870 g/mol. The van der Waals surface area contributed by atoms with E-state index in [9.17, 15) is 58.8 Å². The molecule has 13 atom stereocenters. The monoisotopic (exact) mass is 1870 g/mol. The van der Waals surface area contributed by atoms with Crippen molar-refractivity contribution in [2.45, 2.75) is 337 Å². The molecule has 1 unspecified atom stereocenters. The fourth-order valence-electron chi connectivity index (χ4n) is 16.9. The maximum atomic E-state index is 13.7. The number of hydrogen-bond donors (Lipinski definition) is 12. The number of aryl methyl sites for hydroxylation is 4. The Labute approximate surface area is 784 Å². The van der Waals surface area contributed by atoms with E-state index in [1.54, 1.807) is 52.5 Å². The highest BCUT2D eigenvalue weighted by molar-refractivity contribution is 7.18. The Hall–Kier alpha value is -10.1. The van der Waals surface area contributed by atoms with Crippen molar-refractivity contribution in [3.8, 4) is 41.8 Å². The van der Waals surface area contributed by atoms with Crippen LogP contribution < -0.4 is 42.5 Å². The summed E-state index contributed by atoms with van der Waals surface area (Å²) in [6.45, 7) is 39.4. The number of nitrogens with one attached hydrogen (secondary N) is 8.